The van der Waals surface area contributed by atoms with Crippen molar-refractivity contribution in [3.05, 3.63) is 35.9 Å². The van der Waals surface area contributed by atoms with Gasteiger partial charge in [0.1, 0.15) is 0 Å². The number of carboxylic acids is 1. The number of benzene rings is 1. The third kappa shape index (κ3) is 3.72. The average molecular weight is 292 g/mol. The van der Waals surface area contributed by atoms with Gasteiger partial charge in [0.25, 0.3) is 0 Å². The molecule has 2 amide bonds. The molecule has 1 aromatic rings. The molecule has 1 aliphatic heterocycles. The molecule has 2 N–H and O–H groups in total. The van der Waals surface area contributed by atoms with Crippen molar-refractivity contribution in [3.63, 3.8) is 0 Å². The number of nitrogens with zero attached hydrogens (tertiary/aromatic N) is 1. The summed E-state index contributed by atoms with van der Waals surface area (Å²) in [6.45, 7) is 3.43. The summed E-state index contributed by atoms with van der Waals surface area (Å²) in [7, 11) is 0. The molecule has 1 saturated heterocycles. The number of nitrogens with one attached hydrogen (secondary N) is 1. The molecular weight excluding hydrogens is 272 g/mol. The Morgan fingerprint density at radius 3 is 2.76 bits per heavy atom. The van der Waals surface area contributed by atoms with Gasteiger partial charge in [-0.1, -0.05) is 37.3 Å². The van der Waals surface area contributed by atoms with Crippen molar-refractivity contribution in [1.82, 2.24) is 10.2 Å². The van der Waals surface area contributed by atoms with Gasteiger partial charge in [0, 0.05) is 6.54 Å². The van der Waals surface area contributed by atoms with E-state index in [1.165, 1.54) is 0 Å². The molecule has 0 radical (unpaired) electrons. The second-order valence-electron chi connectivity index (χ2n) is 4.96. The molecule has 0 aliphatic carbocycles. The summed E-state index contributed by atoms with van der Waals surface area (Å²) in [6, 6.07) is 7.27. The van der Waals surface area contributed by atoms with Crippen molar-refractivity contribution in [2.75, 3.05) is 19.8 Å². The zero-order valence-electron chi connectivity index (χ0n) is 12.0. The Kier molecular flexibility index (Phi) is 5.16. The second kappa shape index (κ2) is 7.08. The third-order valence-electron chi connectivity index (χ3n) is 3.61. The number of rotatable bonds is 4. The highest BCUT2D eigenvalue weighted by atomic mass is 16.5. The predicted octanol–water partition coefficient (Wildman–Crippen LogP) is 1.63. The summed E-state index contributed by atoms with van der Waals surface area (Å²) in [5.41, 5.74) is 0.555. The molecule has 1 aromatic carbocycles. The fraction of sp³-hybridized carbons (Fsp3) is 0.467. The molecule has 6 nitrogen and oxygen atoms in total. The van der Waals surface area contributed by atoms with Gasteiger partial charge < -0.3 is 20.1 Å². The van der Waals surface area contributed by atoms with E-state index in [0.717, 1.165) is 6.42 Å². The summed E-state index contributed by atoms with van der Waals surface area (Å²) >= 11 is 0. The second-order valence-corrected chi connectivity index (χ2v) is 4.96. The van der Waals surface area contributed by atoms with E-state index >= 15 is 0 Å². The van der Waals surface area contributed by atoms with Crippen LogP contribution in [0.5, 0.6) is 0 Å². The van der Waals surface area contributed by atoms with E-state index in [4.69, 9.17) is 4.74 Å². The van der Waals surface area contributed by atoms with Crippen LogP contribution in [-0.4, -0.2) is 47.8 Å². The number of carbonyl (C=O) groups excluding carboxylic acids is 1. The first-order valence-corrected chi connectivity index (χ1v) is 7.06. The van der Waals surface area contributed by atoms with E-state index in [0.29, 0.717) is 25.3 Å². The highest BCUT2D eigenvalue weighted by Gasteiger charge is 2.29. The summed E-state index contributed by atoms with van der Waals surface area (Å²) in [6.07, 6.45) is 0.774. The van der Waals surface area contributed by atoms with Crippen molar-refractivity contribution in [2.24, 2.45) is 0 Å². The maximum Gasteiger partial charge on any atom is 0.330 e. The van der Waals surface area contributed by atoms with Gasteiger partial charge in [-0.25, -0.2) is 9.59 Å². The first-order valence-electron chi connectivity index (χ1n) is 7.06. The van der Waals surface area contributed by atoms with E-state index in [1.54, 1.807) is 35.2 Å². The number of ether oxygens (including phenoxy) is 1. The monoisotopic (exact) mass is 292 g/mol. The Morgan fingerprint density at radius 1 is 1.43 bits per heavy atom. The number of aliphatic carboxylic acids is 1. The molecule has 1 fully saturated rings. The number of hydrogen-bond acceptors (Lipinski definition) is 3. The first kappa shape index (κ1) is 15.3. The zero-order chi connectivity index (χ0) is 15.2. The lowest BCUT2D eigenvalue weighted by molar-refractivity contribution is -0.139. The van der Waals surface area contributed by atoms with Crippen LogP contribution in [0.3, 0.4) is 0 Å². The minimum absolute atomic E-state index is 0.0102. The number of carbonyl (C=O) groups is 2. The van der Waals surface area contributed by atoms with E-state index in [-0.39, 0.29) is 12.1 Å². The van der Waals surface area contributed by atoms with Gasteiger partial charge >= 0.3 is 12.0 Å². The molecule has 1 aliphatic rings. The maximum atomic E-state index is 12.4. The molecule has 114 valence electrons. The Morgan fingerprint density at radius 2 is 2.14 bits per heavy atom. The SMILES string of the molecule is CCC1COCCN1C(=O)N[C@@H](C(=O)O)c1ccccc1. The van der Waals surface area contributed by atoms with Crippen LogP contribution in [0.1, 0.15) is 24.9 Å². The minimum atomic E-state index is -1.07. The number of amides is 2. The van der Waals surface area contributed by atoms with Crippen molar-refractivity contribution < 1.29 is 19.4 Å². The predicted molar refractivity (Wildman–Crippen MR) is 77.0 cm³/mol. The van der Waals surface area contributed by atoms with Crippen molar-refractivity contribution in [3.8, 4) is 0 Å². The lowest BCUT2D eigenvalue weighted by atomic mass is 10.1. The fourth-order valence-corrected chi connectivity index (χ4v) is 2.40. The molecular formula is C15H20N2O4. The van der Waals surface area contributed by atoms with E-state index in [1.807, 2.05) is 6.92 Å². The standard InChI is InChI=1S/C15H20N2O4/c1-2-12-10-21-9-8-17(12)15(20)16-13(14(18)19)11-6-4-3-5-7-11/h3-7,12-13H,2,8-10H2,1H3,(H,16,20)(H,18,19)/t12?,13-/m1/s1. The van der Waals surface area contributed by atoms with Crippen LogP contribution in [0.15, 0.2) is 30.3 Å². The molecule has 1 unspecified atom stereocenters. The lowest BCUT2D eigenvalue weighted by Gasteiger charge is -2.35. The van der Waals surface area contributed by atoms with Gasteiger partial charge in [-0.3, -0.25) is 0 Å². The van der Waals surface area contributed by atoms with Gasteiger partial charge in [0.2, 0.25) is 0 Å². The van der Waals surface area contributed by atoms with Crippen LogP contribution in [0.2, 0.25) is 0 Å². The van der Waals surface area contributed by atoms with Crippen LogP contribution < -0.4 is 5.32 Å². The van der Waals surface area contributed by atoms with Gasteiger partial charge in [-0.2, -0.15) is 0 Å². The van der Waals surface area contributed by atoms with Crippen LogP contribution >= 0.6 is 0 Å². The Balaban J connectivity index is 2.10. The molecule has 0 spiro atoms. The summed E-state index contributed by atoms with van der Waals surface area (Å²) in [4.78, 5) is 25.4. The molecule has 6 heteroatoms. The molecule has 0 bridgehead atoms. The Labute approximate surface area is 123 Å². The smallest absolute Gasteiger partial charge is 0.330 e. The van der Waals surface area contributed by atoms with E-state index in [9.17, 15) is 14.7 Å². The third-order valence-corrected chi connectivity index (χ3v) is 3.61. The van der Waals surface area contributed by atoms with Gasteiger partial charge in [-0.15, -0.1) is 0 Å². The molecule has 0 aromatic heterocycles. The normalized spacial score (nSPS) is 19.9. The van der Waals surface area contributed by atoms with E-state index in [2.05, 4.69) is 5.32 Å². The van der Waals surface area contributed by atoms with Crippen LogP contribution in [0.4, 0.5) is 4.79 Å². The molecule has 0 saturated carbocycles. The molecule has 21 heavy (non-hydrogen) atoms. The number of morpholine rings is 1. The Hall–Kier alpha value is -2.08. The number of hydrogen-bond donors (Lipinski definition) is 2. The summed E-state index contributed by atoms with van der Waals surface area (Å²) < 4.78 is 5.35. The van der Waals surface area contributed by atoms with Crippen molar-refractivity contribution in [2.45, 2.75) is 25.4 Å². The van der Waals surface area contributed by atoms with Gasteiger partial charge in [0.05, 0.1) is 19.3 Å². The highest BCUT2D eigenvalue weighted by molar-refractivity contribution is 5.83. The first-order chi connectivity index (χ1) is 10.1. The van der Waals surface area contributed by atoms with Crippen LogP contribution in [-0.2, 0) is 9.53 Å². The molecule has 2 rings (SSSR count). The zero-order valence-corrected chi connectivity index (χ0v) is 12.0. The summed E-state index contributed by atoms with van der Waals surface area (Å²) in [5, 5.41) is 11.9. The number of urea groups is 1. The molecule has 1 heterocycles. The average Bonchev–Trinajstić information content (AvgIpc) is 2.52. The maximum absolute atomic E-state index is 12.4. The topological polar surface area (TPSA) is 78.9 Å². The number of carboxylic acid groups (broad SMARTS) is 1. The van der Waals surface area contributed by atoms with Gasteiger partial charge in [0.15, 0.2) is 6.04 Å². The van der Waals surface area contributed by atoms with Crippen molar-refractivity contribution in [1.29, 1.82) is 0 Å². The molecule has 2 atom stereocenters. The Bertz CT molecular complexity index is 492. The summed E-state index contributed by atoms with van der Waals surface area (Å²) in [5.74, 6) is -1.07. The highest BCUT2D eigenvalue weighted by Crippen LogP contribution is 2.16. The van der Waals surface area contributed by atoms with Crippen molar-refractivity contribution >= 4 is 12.0 Å². The van der Waals surface area contributed by atoms with E-state index < -0.39 is 12.0 Å². The fourth-order valence-electron chi connectivity index (χ4n) is 2.40. The lowest BCUT2D eigenvalue weighted by Crippen LogP contribution is -2.53. The minimum Gasteiger partial charge on any atom is -0.479 e. The van der Waals surface area contributed by atoms with Gasteiger partial charge in [-0.05, 0) is 12.0 Å². The quantitative estimate of drug-likeness (QED) is 0.884. The largest absolute Gasteiger partial charge is 0.479 e. The van der Waals surface area contributed by atoms with Crippen LogP contribution in [0, 0.1) is 0 Å². The van der Waals surface area contributed by atoms with Crippen LogP contribution in [0.25, 0.3) is 0 Å².